The number of carboxylic acids is 1. The summed E-state index contributed by atoms with van der Waals surface area (Å²) < 4.78 is 5.19. The fourth-order valence-electron chi connectivity index (χ4n) is 1.93. The number of benzene rings is 1. The van der Waals surface area contributed by atoms with Gasteiger partial charge in [-0.2, -0.15) is 0 Å². The molecule has 0 spiro atoms. The second-order valence-corrected chi connectivity index (χ2v) is 4.60. The first-order chi connectivity index (χ1) is 9.51. The molecule has 0 aromatic heterocycles. The van der Waals surface area contributed by atoms with Crippen LogP contribution in [0.2, 0.25) is 0 Å². The van der Waals surface area contributed by atoms with E-state index in [-0.39, 0.29) is 24.9 Å². The van der Waals surface area contributed by atoms with Gasteiger partial charge in [-0.3, -0.25) is 9.59 Å². The minimum atomic E-state index is -0.911. The molecule has 5 nitrogen and oxygen atoms in total. The van der Waals surface area contributed by atoms with E-state index in [0.717, 1.165) is 6.42 Å². The van der Waals surface area contributed by atoms with E-state index >= 15 is 0 Å². The van der Waals surface area contributed by atoms with Crippen LogP contribution in [0.25, 0.3) is 0 Å². The van der Waals surface area contributed by atoms with Crippen LogP contribution in [0.1, 0.15) is 37.0 Å². The molecule has 1 amide bonds. The fourth-order valence-corrected chi connectivity index (χ4v) is 1.93. The number of carbonyl (C=O) groups is 2. The maximum absolute atomic E-state index is 12.6. The third kappa shape index (κ3) is 3.98. The van der Waals surface area contributed by atoms with Crippen molar-refractivity contribution >= 4 is 11.9 Å². The Kier molecular flexibility index (Phi) is 6.03. The Labute approximate surface area is 119 Å². The van der Waals surface area contributed by atoms with Crippen LogP contribution in [0.4, 0.5) is 0 Å². The first-order valence-electron chi connectivity index (χ1n) is 6.67. The summed E-state index contributed by atoms with van der Waals surface area (Å²) in [5.41, 5.74) is 0.459. The molecule has 0 saturated heterocycles. The zero-order chi connectivity index (χ0) is 15.1. The SMILES string of the molecule is CCC(C)N(CCC(=O)O)C(=O)c1ccccc1OC. The van der Waals surface area contributed by atoms with Crippen LogP contribution < -0.4 is 4.74 Å². The summed E-state index contributed by atoms with van der Waals surface area (Å²) in [6.45, 7) is 4.07. The molecule has 1 unspecified atom stereocenters. The van der Waals surface area contributed by atoms with E-state index < -0.39 is 5.97 Å². The largest absolute Gasteiger partial charge is 0.496 e. The van der Waals surface area contributed by atoms with E-state index in [0.29, 0.717) is 11.3 Å². The minimum Gasteiger partial charge on any atom is -0.496 e. The van der Waals surface area contributed by atoms with Gasteiger partial charge in [0.15, 0.2) is 0 Å². The van der Waals surface area contributed by atoms with E-state index in [1.54, 1.807) is 29.2 Å². The van der Waals surface area contributed by atoms with Crippen molar-refractivity contribution in [2.24, 2.45) is 0 Å². The molecule has 0 bridgehead atoms. The molecule has 110 valence electrons. The lowest BCUT2D eigenvalue weighted by atomic mass is 10.1. The molecule has 0 heterocycles. The summed E-state index contributed by atoms with van der Waals surface area (Å²) in [6.07, 6.45) is 0.700. The van der Waals surface area contributed by atoms with Crippen molar-refractivity contribution < 1.29 is 19.4 Å². The standard InChI is InChI=1S/C15H21NO4/c1-4-11(2)16(10-9-14(17)18)15(19)12-7-5-6-8-13(12)20-3/h5-8,11H,4,9-10H2,1-3H3,(H,17,18). The van der Waals surface area contributed by atoms with Crippen molar-refractivity contribution in [3.63, 3.8) is 0 Å². The van der Waals surface area contributed by atoms with E-state index in [1.165, 1.54) is 7.11 Å². The van der Waals surface area contributed by atoms with Crippen LogP contribution in [0, 0.1) is 0 Å². The molecule has 1 rings (SSSR count). The molecule has 1 N–H and O–H groups in total. The number of methoxy groups -OCH3 is 1. The average molecular weight is 279 g/mol. The average Bonchev–Trinajstić information content (AvgIpc) is 2.46. The number of carbonyl (C=O) groups excluding carboxylic acids is 1. The van der Waals surface area contributed by atoms with E-state index in [2.05, 4.69) is 0 Å². The Morgan fingerprint density at radius 1 is 1.35 bits per heavy atom. The van der Waals surface area contributed by atoms with Crippen LogP contribution in [0.5, 0.6) is 5.75 Å². The maximum Gasteiger partial charge on any atom is 0.305 e. The predicted molar refractivity (Wildman–Crippen MR) is 76.0 cm³/mol. The summed E-state index contributed by atoms with van der Waals surface area (Å²) >= 11 is 0. The van der Waals surface area contributed by atoms with Gasteiger partial charge in [-0.05, 0) is 25.5 Å². The number of carboxylic acid groups (broad SMARTS) is 1. The Hall–Kier alpha value is -2.04. The smallest absolute Gasteiger partial charge is 0.305 e. The molecule has 0 aliphatic carbocycles. The number of hydrogen-bond donors (Lipinski definition) is 1. The topological polar surface area (TPSA) is 66.8 Å². The van der Waals surface area contributed by atoms with Crippen molar-refractivity contribution in [2.75, 3.05) is 13.7 Å². The third-order valence-electron chi connectivity index (χ3n) is 3.29. The lowest BCUT2D eigenvalue weighted by molar-refractivity contribution is -0.137. The van der Waals surface area contributed by atoms with Gasteiger partial charge in [0.2, 0.25) is 0 Å². The van der Waals surface area contributed by atoms with Crippen molar-refractivity contribution in [3.8, 4) is 5.75 Å². The molecular formula is C15H21NO4. The lowest BCUT2D eigenvalue weighted by Gasteiger charge is -2.28. The normalized spacial score (nSPS) is 11.8. The second kappa shape index (κ2) is 7.53. The number of amides is 1. The highest BCUT2D eigenvalue weighted by molar-refractivity contribution is 5.97. The van der Waals surface area contributed by atoms with Crippen LogP contribution in [0.3, 0.4) is 0 Å². The molecule has 0 aliphatic rings. The van der Waals surface area contributed by atoms with Crippen LogP contribution in [-0.4, -0.2) is 41.6 Å². The van der Waals surface area contributed by atoms with Gasteiger partial charge in [0, 0.05) is 12.6 Å². The number of hydrogen-bond acceptors (Lipinski definition) is 3. The zero-order valence-corrected chi connectivity index (χ0v) is 12.1. The molecule has 1 aromatic carbocycles. The number of aliphatic carboxylic acids is 1. The van der Waals surface area contributed by atoms with Gasteiger partial charge >= 0.3 is 5.97 Å². The van der Waals surface area contributed by atoms with Gasteiger partial charge in [0.05, 0.1) is 19.1 Å². The molecular weight excluding hydrogens is 258 g/mol. The van der Waals surface area contributed by atoms with Crippen molar-refractivity contribution in [1.29, 1.82) is 0 Å². The number of ether oxygens (including phenoxy) is 1. The summed E-state index contributed by atoms with van der Waals surface area (Å²) in [4.78, 5) is 24.9. The fraction of sp³-hybridized carbons (Fsp3) is 0.467. The molecule has 0 saturated carbocycles. The van der Waals surface area contributed by atoms with Crippen LogP contribution in [-0.2, 0) is 4.79 Å². The van der Waals surface area contributed by atoms with Crippen LogP contribution >= 0.6 is 0 Å². The summed E-state index contributed by atoms with van der Waals surface area (Å²) in [7, 11) is 1.51. The highest BCUT2D eigenvalue weighted by atomic mass is 16.5. The highest BCUT2D eigenvalue weighted by Gasteiger charge is 2.23. The molecule has 1 aromatic rings. The van der Waals surface area contributed by atoms with Gasteiger partial charge in [-0.15, -0.1) is 0 Å². The first-order valence-corrected chi connectivity index (χ1v) is 6.67. The van der Waals surface area contributed by atoms with Gasteiger partial charge in [-0.1, -0.05) is 19.1 Å². The van der Waals surface area contributed by atoms with Gasteiger partial charge in [-0.25, -0.2) is 0 Å². The van der Waals surface area contributed by atoms with Crippen molar-refractivity contribution in [2.45, 2.75) is 32.7 Å². The molecule has 0 fully saturated rings. The van der Waals surface area contributed by atoms with E-state index in [9.17, 15) is 9.59 Å². The maximum atomic E-state index is 12.6. The van der Waals surface area contributed by atoms with E-state index in [1.807, 2.05) is 13.8 Å². The van der Waals surface area contributed by atoms with Crippen LogP contribution in [0.15, 0.2) is 24.3 Å². The summed E-state index contributed by atoms with van der Waals surface area (Å²) in [6, 6.07) is 6.95. The van der Waals surface area contributed by atoms with E-state index in [4.69, 9.17) is 9.84 Å². The monoisotopic (exact) mass is 279 g/mol. The number of nitrogens with zero attached hydrogens (tertiary/aromatic N) is 1. The Morgan fingerprint density at radius 2 is 2.00 bits per heavy atom. The van der Waals surface area contributed by atoms with Gasteiger partial charge in [0.25, 0.3) is 5.91 Å². The molecule has 1 atom stereocenters. The molecule has 20 heavy (non-hydrogen) atoms. The quantitative estimate of drug-likeness (QED) is 0.832. The number of para-hydroxylation sites is 1. The molecule has 0 radical (unpaired) electrons. The number of rotatable bonds is 7. The predicted octanol–water partition coefficient (Wildman–Crippen LogP) is 2.41. The minimum absolute atomic E-state index is 0.0215. The Morgan fingerprint density at radius 3 is 2.55 bits per heavy atom. The summed E-state index contributed by atoms with van der Waals surface area (Å²) in [5.74, 6) is -0.606. The van der Waals surface area contributed by atoms with Crippen molar-refractivity contribution in [3.05, 3.63) is 29.8 Å². The highest BCUT2D eigenvalue weighted by Crippen LogP contribution is 2.21. The third-order valence-corrected chi connectivity index (χ3v) is 3.29. The Balaban J connectivity index is 3.00. The first kappa shape index (κ1) is 16.0. The second-order valence-electron chi connectivity index (χ2n) is 4.60. The van der Waals surface area contributed by atoms with Gasteiger partial charge in [0.1, 0.15) is 5.75 Å². The lowest BCUT2D eigenvalue weighted by Crippen LogP contribution is -2.39. The Bertz CT molecular complexity index is 473. The molecule has 0 aliphatic heterocycles. The van der Waals surface area contributed by atoms with Crippen molar-refractivity contribution in [1.82, 2.24) is 4.90 Å². The molecule has 5 heteroatoms. The summed E-state index contributed by atoms with van der Waals surface area (Å²) in [5, 5.41) is 8.81. The zero-order valence-electron chi connectivity index (χ0n) is 12.1. The van der Waals surface area contributed by atoms with Gasteiger partial charge < -0.3 is 14.7 Å².